The first-order chi connectivity index (χ1) is 8.16. The van der Waals surface area contributed by atoms with Gasteiger partial charge in [-0.05, 0) is 37.0 Å². The van der Waals surface area contributed by atoms with Crippen molar-refractivity contribution in [1.29, 1.82) is 0 Å². The molecule has 0 aromatic heterocycles. The van der Waals surface area contributed by atoms with Gasteiger partial charge in [0.05, 0.1) is 0 Å². The van der Waals surface area contributed by atoms with E-state index in [-0.39, 0.29) is 17.5 Å². The topological polar surface area (TPSA) is 17.1 Å². The third-order valence-electron chi connectivity index (χ3n) is 3.14. The summed E-state index contributed by atoms with van der Waals surface area (Å²) in [5.74, 6) is 0.0354. The largest absolute Gasteiger partial charge is 0.299 e. The Morgan fingerprint density at radius 2 is 2.18 bits per heavy atom. The Hall–Kier alpha value is -1.15. The monoisotopic (exact) mass is 252 g/mol. The highest BCUT2D eigenvalue weighted by Crippen LogP contribution is 2.22. The third-order valence-corrected chi connectivity index (χ3v) is 3.37. The highest BCUT2D eigenvalue weighted by atomic mass is 35.5. The van der Waals surface area contributed by atoms with Crippen LogP contribution in [0.3, 0.4) is 0 Å². The van der Waals surface area contributed by atoms with E-state index in [9.17, 15) is 9.18 Å². The number of aryl methyl sites for hydroxylation is 1. The van der Waals surface area contributed by atoms with Crippen LogP contribution < -0.4 is 0 Å². The number of hydrogen-bond donors (Lipinski definition) is 0. The molecular formula is C14H14ClFO. The number of halogens is 2. The van der Waals surface area contributed by atoms with Gasteiger partial charge in [0.2, 0.25) is 0 Å². The molecular weight excluding hydrogens is 239 g/mol. The van der Waals surface area contributed by atoms with Gasteiger partial charge in [-0.15, -0.1) is 0 Å². The molecule has 0 radical (unpaired) electrons. The van der Waals surface area contributed by atoms with Gasteiger partial charge in [-0.1, -0.05) is 29.8 Å². The van der Waals surface area contributed by atoms with E-state index in [1.165, 1.54) is 6.07 Å². The molecule has 1 unspecified atom stereocenters. The number of carbonyl (C=O) groups excluding carboxylic acids is 1. The van der Waals surface area contributed by atoms with Gasteiger partial charge in [-0.25, -0.2) is 4.39 Å². The summed E-state index contributed by atoms with van der Waals surface area (Å²) in [6, 6.07) is 4.70. The lowest BCUT2D eigenvalue weighted by Gasteiger charge is -2.16. The molecule has 17 heavy (non-hydrogen) atoms. The van der Waals surface area contributed by atoms with Crippen LogP contribution in [0.15, 0.2) is 30.4 Å². The second-order valence-electron chi connectivity index (χ2n) is 4.35. The fourth-order valence-electron chi connectivity index (χ4n) is 2.09. The standard InChI is InChI=1S/C14H14ClFO/c15-12-8-7-10(13(16)9-12)5-6-11-3-1-2-4-14(11)17/h1-2,7-9,11H,3-6H2. The average Bonchev–Trinajstić information content (AvgIpc) is 2.30. The van der Waals surface area contributed by atoms with Crippen molar-refractivity contribution >= 4 is 17.4 Å². The van der Waals surface area contributed by atoms with Crippen LogP contribution in [0.4, 0.5) is 4.39 Å². The molecule has 1 aliphatic carbocycles. The number of hydrogen-bond acceptors (Lipinski definition) is 1. The summed E-state index contributed by atoms with van der Waals surface area (Å²) in [6.45, 7) is 0. The van der Waals surface area contributed by atoms with E-state index in [1.54, 1.807) is 12.1 Å². The molecule has 0 spiro atoms. The Balaban J connectivity index is 1.97. The van der Waals surface area contributed by atoms with Crippen molar-refractivity contribution in [2.75, 3.05) is 0 Å². The van der Waals surface area contributed by atoms with Crippen LogP contribution in [0.25, 0.3) is 0 Å². The van der Waals surface area contributed by atoms with Crippen molar-refractivity contribution in [2.24, 2.45) is 5.92 Å². The second kappa shape index (κ2) is 5.46. The molecule has 0 fully saturated rings. The molecule has 0 saturated carbocycles. The summed E-state index contributed by atoms with van der Waals surface area (Å²) in [6.07, 6.45) is 6.54. The maximum atomic E-state index is 13.5. The van der Waals surface area contributed by atoms with Crippen molar-refractivity contribution in [3.8, 4) is 0 Å². The first kappa shape index (κ1) is 12.3. The van der Waals surface area contributed by atoms with Gasteiger partial charge in [0.1, 0.15) is 11.6 Å². The van der Waals surface area contributed by atoms with E-state index >= 15 is 0 Å². The maximum Gasteiger partial charge on any atom is 0.140 e. The molecule has 90 valence electrons. The number of carbonyl (C=O) groups is 1. The van der Waals surface area contributed by atoms with Crippen molar-refractivity contribution in [3.05, 3.63) is 46.8 Å². The van der Waals surface area contributed by atoms with E-state index in [1.807, 2.05) is 12.2 Å². The Labute approximate surface area is 105 Å². The highest BCUT2D eigenvalue weighted by molar-refractivity contribution is 6.30. The summed E-state index contributed by atoms with van der Waals surface area (Å²) >= 11 is 5.69. The molecule has 3 heteroatoms. The van der Waals surface area contributed by atoms with Crippen molar-refractivity contribution < 1.29 is 9.18 Å². The van der Waals surface area contributed by atoms with Crippen LogP contribution in [-0.2, 0) is 11.2 Å². The fourth-order valence-corrected chi connectivity index (χ4v) is 2.25. The number of allylic oxidation sites excluding steroid dienone is 2. The highest BCUT2D eigenvalue weighted by Gasteiger charge is 2.19. The minimum Gasteiger partial charge on any atom is -0.299 e. The Morgan fingerprint density at radius 1 is 1.35 bits per heavy atom. The van der Waals surface area contributed by atoms with Crippen molar-refractivity contribution in [3.63, 3.8) is 0 Å². The Morgan fingerprint density at radius 3 is 2.88 bits per heavy atom. The van der Waals surface area contributed by atoms with Gasteiger partial charge >= 0.3 is 0 Å². The van der Waals surface area contributed by atoms with Gasteiger partial charge in [0.15, 0.2) is 0 Å². The summed E-state index contributed by atoms with van der Waals surface area (Å²) in [4.78, 5) is 11.6. The number of rotatable bonds is 3. The lowest BCUT2D eigenvalue weighted by atomic mass is 9.88. The van der Waals surface area contributed by atoms with Gasteiger partial charge in [-0.3, -0.25) is 4.79 Å². The summed E-state index contributed by atoms with van der Waals surface area (Å²) in [5, 5.41) is 0.405. The quantitative estimate of drug-likeness (QED) is 0.745. The van der Waals surface area contributed by atoms with Crippen LogP contribution in [0, 0.1) is 11.7 Å². The number of ketones is 1. The van der Waals surface area contributed by atoms with E-state index in [0.29, 0.717) is 29.8 Å². The molecule has 1 nitrogen and oxygen atoms in total. The lowest BCUT2D eigenvalue weighted by Crippen LogP contribution is -2.16. The van der Waals surface area contributed by atoms with Crippen LogP contribution >= 0.6 is 11.6 Å². The summed E-state index contributed by atoms with van der Waals surface area (Å²) in [7, 11) is 0. The molecule has 0 heterocycles. The van der Waals surface area contributed by atoms with E-state index in [2.05, 4.69) is 0 Å². The minimum atomic E-state index is -0.281. The van der Waals surface area contributed by atoms with Gasteiger partial charge in [-0.2, -0.15) is 0 Å². The zero-order valence-electron chi connectivity index (χ0n) is 9.46. The van der Waals surface area contributed by atoms with Gasteiger partial charge in [0, 0.05) is 17.4 Å². The smallest absolute Gasteiger partial charge is 0.140 e. The summed E-state index contributed by atoms with van der Waals surface area (Å²) < 4.78 is 13.5. The molecule has 0 amide bonds. The Kier molecular flexibility index (Phi) is 3.95. The molecule has 1 aromatic rings. The minimum absolute atomic E-state index is 0.0510. The molecule has 1 aliphatic rings. The first-order valence-corrected chi connectivity index (χ1v) is 6.16. The third kappa shape index (κ3) is 3.16. The second-order valence-corrected chi connectivity index (χ2v) is 4.79. The molecule has 0 bridgehead atoms. The zero-order chi connectivity index (χ0) is 12.3. The maximum absolute atomic E-state index is 13.5. The predicted molar refractivity (Wildman–Crippen MR) is 66.6 cm³/mol. The molecule has 0 saturated heterocycles. The van der Waals surface area contributed by atoms with Gasteiger partial charge < -0.3 is 0 Å². The van der Waals surface area contributed by atoms with Crippen molar-refractivity contribution in [2.45, 2.75) is 25.7 Å². The van der Waals surface area contributed by atoms with Gasteiger partial charge in [0.25, 0.3) is 0 Å². The molecule has 2 rings (SSSR count). The predicted octanol–water partition coefficient (Wildman–Crippen LogP) is 3.95. The average molecular weight is 253 g/mol. The number of Topliss-reactive ketones (excluding diaryl/α,β-unsaturated/α-hetero) is 1. The number of benzene rings is 1. The summed E-state index contributed by atoms with van der Waals surface area (Å²) in [5.41, 5.74) is 0.636. The van der Waals surface area contributed by atoms with Crippen LogP contribution in [0.1, 0.15) is 24.8 Å². The molecule has 0 aliphatic heterocycles. The SMILES string of the molecule is O=C1CC=CCC1CCc1ccc(Cl)cc1F. The van der Waals surface area contributed by atoms with E-state index in [0.717, 1.165) is 6.42 Å². The molecule has 1 aromatic carbocycles. The lowest BCUT2D eigenvalue weighted by molar-refractivity contribution is -0.122. The zero-order valence-corrected chi connectivity index (χ0v) is 10.2. The van der Waals surface area contributed by atoms with Crippen molar-refractivity contribution in [1.82, 2.24) is 0 Å². The fraction of sp³-hybridized carbons (Fsp3) is 0.357. The van der Waals surface area contributed by atoms with E-state index in [4.69, 9.17) is 11.6 Å². The van der Waals surface area contributed by atoms with Crippen LogP contribution in [0.2, 0.25) is 5.02 Å². The molecule has 1 atom stereocenters. The molecule has 0 N–H and O–H groups in total. The Bertz CT molecular complexity index is 454. The van der Waals surface area contributed by atoms with Crippen LogP contribution in [-0.4, -0.2) is 5.78 Å². The van der Waals surface area contributed by atoms with E-state index < -0.39 is 0 Å². The van der Waals surface area contributed by atoms with Crippen LogP contribution in [0.5, 0.6) is 0 Å². The normalized spacial score (nSPS) is 19.6. The first-order valence-electron chi connectivity index (χ1n) is 5.78.